The molecule has 0 saturated carbocycles. The third-order valence-corrected chi connectivity index (χ3v) is 6.72. The Bertz CT molecular complexity index is 1390. The van der Waals surface area contributed by atoms with E-state index in [0.29, 0.717) is 22.8 Å². The first kappa shape index (κ1) is 33.2. The highest BCUT2D eigenvalue weighted by Crippen LogP contribution is 2.21. The van der Waals surface area contributed by atoms with Crippen LogP contribution in [-0.2, 0) is 32.0 Å². The Balaban J connectivity index is 1.68. The summed E-state index contributed by atoms with van der Waals surface area (Å²) in [4.78, 5) is 51.4. The molecule has 0 spiro atoms. The molecule has 0 aliphatic carbocycles. The van der Waals surface area contributed by atoms with Gasteiger partial charge in [-0.3, -0.25) is 19.2 Å². The molecule has 8 nitrogen and oxygen atoms in total. The summed E-state index contributed by atoms with van der Waals surface area (Å²) >= 11 is 5.94. The third-order valence-electron chi connectivity index (χ3n) is 6.48. The van der Waals surface area contributed by atoms with Crippen molar-refractivity contribution in [2.45, 2.75) is 44.7 Å². The molecule has 2 atom stereocenters. The molecule has 0 aromatic heterocycles. The van der Waals surface area contributed by atoms with E-state index in [9.17, 15) is 19.2 Å². The van der Waals surface area contributed by atoms with Gasteiger partial charge >= 0.3 is 5.92 Å². The Hall–Kier alpha value is -4.31. The highest BCUT2D eigenvalue weighted by Gasteiger charge is 2.51. The Morgan fingerprint density at radius 2 is 1.49 bits per heavy atom. The van der Waals surface area contributed by atoms with Crippen molar-refractivity contribution in [3.05, 3.63) is 101 Å². The molecule has 3 aromatic carbocycles. The number of amides is 3. The summed E-state index contributed by atoms with van der Waals surface area (Å²) < 4.78 is 35.5. The summed E-state index contributed by atoms with van der Waals surface area (Å²) in [7, 11) is 0. The molecular weight excluding hydrogens is 580 g/mol. The number of hydrogen-bond acceptors (Lipinski definition) is 5. The lowest BCUT2D eigenvalue weighted by atomic mass is 9.94. The van der Waals surface area contributed by atoms with Crippen LogP contribution in [0.3, 0.4) is 0 Å². The molecule has 3 aromatic rings. The minimum atomic E-state index is -4.40. The van der Waals surface area contributed by atoms with Gasteiger partial charge in [0.15, 0.2) is 6.61 Å². The quantitative estimate of drug-likeness (QED) is 0.223. The van der Waals surface area contributed by atoms with Crippen LogP contribution in [0, 0.1) is 5.92 Å². The van der Waals surface area contributed by atoms with Gasteiger partial charge in [0.25, 0.3) is 11.8 Å². The van der Waals surface area contributed by atoms with Gasteiger partial charge < -0.3 is 20.7 Å². The van der Waals surface area contributed by atoms with Crippen molar-refractivity contribution in [2.24, 2.45) is 5.92 Å². The van der Waals surface area contributed by atoms with Gasteiger partial charge in [0.2, 0.25) is 11.7 Å². The Labute approximate surface area is 254 Å². The maximum atomic E-state index is 15.0. The van der Waals surface area contributed by atoms with Crippen LogP contribution < -0.4 is 20.7 Å². The summed E-state index contributed by atoms with van der Waals surface area (Å²) in [5.41, 5.74) is 1.50. The van der Waals surface area contributed by atoms with Crippen LogP contribution in [0.4, 0.5) is 8.78 Å². The van der Waals surface area contributed by atoms with E-state index in [-0.39, 0.29) is 13.0 Å². The van der Waals surface area contributed by atoms with Gasteiger partial charge in [-0.05, 0) is 41.7 Å². The van der Waals surface area contributed by atoms with Crippen molar-refractivity contribution in [1.82, 2.24) is 16.0 Å². The summed E-state index contributed by atoms with van der Waals surface area (Å²) in [6.45, 7) is 2.38. The van der Waals surface area contributed by atoms with Gasteiger partial charge in [0.05, 0.1) is 6.04 Å². The number of carbonyl (C=O) groups excluding carboxylic acids is 4. The molecule has 3 rings (SSSR count). The maximum absolute atomic E-state index is 15.0. The fraction of sp³-hybridized carbons (Fsp3) is 0.312. The Morgan fingerprint density at radius 1 is 0.860 bits per heavy atom. The van der Waals surface area contributed by atoms with Crippen LogP contribution in [0.15, 0.2) is 84.9 Å². The molecule has 0 bridgehead atoms. The van der Waals surface area contributed by atoms with Crippen molar-refractivity contribution in [1.29, 1.82) is 0 Å². The first-order valence-electron chi connectivity index (χ1n) is 13.7. The van der Waals surface area contributed by atoms with E-state index in [0.717, 1.165) is 5.56 Å². The normalized spacial score (nSPS) is 12.6. The second kappa shape index (κ2) is 15.8. The fourth-order valence-electron chi connectivity index (χ4n) is 4.17. The highest BCUT2D eigenvalue weighted by atomic mass is 35.5. The van der Waals surface area contributed by atoms with Crippen molar-refractivity contribution in [3.8, 4) is 5.75 Å². The number of rotatable bonds is 15. The van der Waals surface area contributed by atoms with E-state index in [2.05, 4.69) is 16.0 Å². The number of carbonyl (C=O) groups is 4. The number of benzene rings is 3. The lowest BCUT2D eigenvalue weighted by Gasteiger charge is -2.27. The number of hydrogen-bond donors (Lipinski definition) is 3. The minimum Gasteiger partial charge on any atom is -0.484 e. The van der Waals surface area contributed by atoms with Gasteiger partial charge in [0.1, 0.15) is 11.8 Å². The van der Waals surface area contributed by atoms with Crippen molar-refractivity contribution >= 4 is 35.1 Å². The molecule has 1 unspecified atom stereocenters. The summed E-state index contributed by atoms with van der Waals surface area (Å²) in [5.74, 6) is -9.89. The zero-order valence-corrected chi connectivity index (χ0v) is 24.6. The molecule has 0 aliphatic heterocycles. The number of Topliss-reactive ketones (excluding diaryl/α,β-unsaturated/α-hetero) is 1. The first-order chi connectivity index (χ1) is 20.5. The van der Waals surface area contributed by atoms with Crippen LogP contribution >= 0.6 is 11.6 Å². The maximum Gasteiger partial charge on any atom is 0.383 e. The Kier molecular flexibility index (Phi) is 12.2. The molecule has 11 heteroatoms. The van der Waals surface area contributed by atoms with Crippen LogP contribution in [-0.4, -0.2) is 54.7 Å². The van der Waals surface area contributed by atoms with Gasteiger partial charge in [-0.15, -0.1) is 0 Å². The van der Waals surface area contributed by atoms with E-state index < -0.39 is 54.0 Å². The van der Waals surface area contributed by atoms with Crippen LogP contribution in [0.1, 0.15) is 25.0 Å². The standard InChI is InChI=1S/C32H34ClF2N3O5/c1-21(2)28(29(40)32(34,35)31(42)36-17-16-22-10-5-3-6-11-22)38-30(41)26(18-23-12-7-4-8-13-23)37-27(39)20-43-25-15-9-14-24(33)19-25/h3-15,19,21,26,28H,16-18,20H2,1-2H3,(H,36,42)(H,37,39)(H,38,41)/t26?,28-/m0/s1. The molecule has 43 heavy (non-hydrogen) atoms. The molecular formula is C32H34ClF2N3O5. The lowest BCUT2D eigenvalue weighted by molar-refractivity contribution is -0.161. The SMILES string of the molecule is CC(C)[C@H](NC(=O)C(Cc1ccccc1)NC(=O)COc1cccc(Cl)c1)C(=O)C(F)(F)C(=O)NCCc1ccccc1. The predicted octanol–water partition coefficient (Wildman–Crippen LogP) is 4.15. The smallest absolute Gasteiger partial charge is 0.383 e. The minimum absolute atomic E-state index is 0.00491. The zero-order chi connectivity index (χ0) is 31.4. The van der Waals surface area contributed by atoms with Crippen molar-refractivity contribution in [3.63, 3.8) is 0 Å². The topological polar surface area (TPSA) is 114 Å². The first-order valence-corrected chi connectivity index (χ1v) is 14.1. The second-order valence-electron chi connectivity index (χ2n) is 10.2. The van der Waals surface area contributed by atoms with Crippen molar-refractivity contribution < 1.29 is 32.7 Å². The third kappa shape index (κ3) is 10.2. The zero-order valence-electron chi connectivity index (χ0n) is 23.8. The number of nitrogens with one attached hydrogen (secondary N) is 3. The van der Waals surface area contributed by atoms with E-state index in [1.807, 2.05) is 0 Å². The van der Waals surface area contributed by atoms with Gasteiger partial charge in [-0.25, -0.2) is 0 Å². The molecule has 3 amide bonds. The van der Waals surface area contributed by atoms with Gasteiger partial charge in [-0.1, -0.05) is 92.2 Å². The van der Waals surface area contributed by atoms with E-state index in [1.54, 1.807) is 78.9 Å². The van der Waals surface area contributed by atoms with E-state index in [4.69, 9.17) is 16.3 Å². The van der Waals surface area contributed by atoms with E-state index in [1.165, 1.54) is 19.9 Å². The molecule has 0 aliphatic rings. The number of halogens is 3. The van der Waals surface area contributed by atoms with Crippen LogP contribution in [0.5, 0.6) is 5.75 Å². The summed E-state index contributed by atoms with van der Waals surface area (Å²) in [6.07, 6.45) is 0.300. The molecule has 0 heterocycles. The average Bonchev–Trinajstić information content (AvgIpc) is 2.99. The molecule has 0 fully saturated rings. The molecule has 228 valence electrons. The fourth-order valence-corrected chi connectivity index (χ4v) is 4.35. The number of ether oxygens (including phenoxy) is 1. The predicted molar refractivity (Wildman–Crippen MR) is 159 cm³/mol. The summed E-state index contributed by atoms with van der Waals surface area (Å²) in [5, 5.41) is 7.41. The molecule has 0 saturated heterocycles. The largest absolute Gasteiger partial charge is 0.484 e. The lowest BCUT2D eigenvalue weighted by Crippen LogP contribution is -2.59. The average molecular weight is 614 g/mol. The van der Waals surface area contributed by atoms with Crippen LogP contribution in [0.2, 0.25) is 5.02 Å². The van der Waals surface area contributed by atoms with E-state index >= 15 is 8.78 Å². The van der Waals surface area contributed by atoms with Gasteiger partial charge in [0, 0.05) is 18.0 Å². The van der Waals surface area contributed by atoms with Gasteiger partial charge in [-0.2, -0.15) is 8.78 Å². The number of ketones is 1. The molecule has 3 N–H and O–H groups in total. The Morgan fingerprint density at radius 3 is 2.09 bits per heavy atom. The second-order valence-corrected chi connectivity index (χ2v) is 10.7. The van der Waals surface area contributed by atoms with Crippen molar-refractivity contribution in [2.75, 3.05) is 13.2 Å². The highest BCUT2D eigenvalue weighted by molar-refractivity contribution is 6.30. The summed E-state index contributed by atoms with van der Waals surface area (Å²) in [6, 6.07) is 21.1. The molecule has 0 radical (unpaired) electrons. The monoisotopic (exact) mass is 613 g/mol. The van der Waals surface area contributed by atoms with Crippen LogP contribution in [0.25, 0.3) is 0 Å². The number of alkyl halides is 2.